The number of rotatable bonds is 8. The van der Waals surface area contributed by atoms with Gasteiger partial charge in [-0.25, -0.2) is 17.5 Å². The normalized spacial score (nSPS) is 12.5. The summed E-state index contributed by atoms with van der Waals surface area (Å²) in [6.45, 7) is 11.1. The van der Waals surface area contributed by atoms with E-state index < -0.39 is 21.9 Å². The largest absolute Gasteiger partial charge is 0.494 e. The number of hydrogen-bond donors (Lipinski definition) is 2. The van der Waals surface area contributed by atoms with Crippen molar-refractivity contribution < 1.29 is 22.3 Å². The van der Waals surface area contributed by atoms with Crippen LogP contribution in [-0.4, -0.2) is 28.0 Å². The molecule has 2 aromatic carbocycles. The predicted octanol–water partition coefficient (Wildman–Crippen LogP) is 3.92. The number of ether oxygens (including phenoxy) is 1. The maximum absolute atomic E-state index is 13.9. The number of benzene rings is 2. The molecule has 2 aromatic rings. The number of sulfonamides is 1. The molecule has 1 amide bonds. The Balaban J connectivity index is 2.03. The molecule has 0 bridgehead atoms. The molecule has 1 atom stereocenters. The molecule has 0 aromatic heterocycles. The Kier molecular flexibility index (Phi) is 7.83. The SMILES string of the molecule is COc1ccc([C@@H](C)NC(=O)CCNS(=O)(=O)c2c(C)c(C)c(C)c(C)c2C)cc1F. The van der Waals surface area contributed by atoms with Gasteiger partial charge in [0, 0.05) is 13.0 Å². The number of methoxy groups -OCH3 is 1. The number of hydrogen-bond acceptors (Lipinski definition) is 4. The summed E-state index contributed by atoms with van der Waals surface area (Å²) in [6.07, 6.45) is -0.0376. The zero-order valence-electron chi connectivity index (χ0n) is 19.1. The molecular weight excluding hydrogens is 419 g/mol. The molecule has 6 nitrogen and oxygen atoms in total. The van der Waals surface area contributed by atoms with E-state index in [1.807, 2.05) is 20.8 Å². The van der Waals surface area contributed by atoms with E-state index in [1.165, 1.54) is 19.2 Å². The van der Waals surface area contributed by atoms with Crippen molar-refractivity contribution in [2.45, 2.75) is 58.9 Å². The average molecular weight is 451 g/mol. The Morgan fingerprint density at radius 1 is 1.03 bits per heavy atom. The molecular formula is C23H31FN2O4S. The van der Waals surface area contributed by atoms with Crippen LogP contribution < -0.4 is 14.8 Å². The van der Waals surface area contributed by atoms with Gasteiger partial charge in [-0.2, -0.15) is 0 Å². The maximum Gasteiger partial charge on any atom is 0.241 e. The second-order valence-corrected chi connectivity index (χ2v) is 9.49. The van der Waals surface area contributed by atoms with Gasteiger partial charge in [-0.3, -0.25) is 4.79 Å². The van der Waals surface area contributed by atoms with Crippen molar-refractivity contribution >= 4 is 15.9 Å². The highest BCUT2D eigenvalue weighted by Gasteiger charge is 2.23. The molecule has 0 radical (unpaired) electrons. The average Bonchev–Trinajstić information content (AvgIpc) is 2.70. The molecule has 0 saturated heterocycles. The molecule has 0 aliphatic rings. The summed E-state index contributed by atoms with van der Waals surface area (Å²) in [5, 5.41) is 2.75. The van der Waals surface area contributed by atoms with E-state index in [4.69, 9.17) is 4.74 Å². The summed E-state index contributed by atoms with van der Waals surface area (Å²) in [6, 6.07) is 4.04. The molecule has 0 unspecified atom stereocenters. The van der Waals surface area contributed by atoms with Crippen LogP contribution in [0.15, 0.2) is 23.1 Å². The van der Waals surface area contributed by atoms with Crippen LogP contribution in [-0.2, 0) is 14.8 Å². The van der Waals surface area contributed by atoms with Gasteiger partial charge in [-0.1, -0.05) is 6.07 Å². The van der Waals surface area contributed by atoms with Crippen molar-refractivity contribution in [3.8, 4) is 5.75 Å². The fourth-order valence-electron chi connectivity index (χ4n) is 3.59. The Bertz CT molecular complexity index is 1070. The maximum atomic E-state index is 13.9. The molecule has 170 valence electrons. The minimum atomic E-state index is -3.77. The zero-order valence-corrected chi connectivity index (χ0v) is 20.0. The lowest BCUT2D eigenvalue weighted by molar-refractivity contribution is -0.121. The third kappa shape index (κ3) is 5.43. The third-order valence-electron chi connectivity index (χ3n) is 5.90. The van der Waals surface area contributed by atoms with Crippen LogP contribution >= 0.6 is 0 Å². The van der Waals surface area contributed by atoms with Gasteiger partial charge in [0.15, 0.2) is 11.6 Å². The van der Waals surface area contributed by atoms with Crippen LogP contribution in [0.25, 0.3) is 0 Å². The van der Waals surface area contributed by atoms with Crippen LogP contribution in [0.1, 0.15) is 52.8 Å². The van der Waals surface area contributed by atoms with E-state index >= 15 is 0 Å². The monoisotopic (exact) mass is 450 g/mol. The molecule has 0 aliphatic carbocycles. The van der Waals surface area contributed by atoms with Gasteiger partial charge in [0.05, 0.1) is 18.0 Å². The second kappa shape index (κ2) is 9.78. The summed E-state index contributed by atoms with van der Waals surface area (Å²) in [5.41, 5.74) is 4.99. The highest BCUT2D eigenvalue weighted by atomic mass is 32.2. The first-order valence-corrected chi connectivity index (χ1v) is 11.6. The van der Waals surface area contributed by atoms with Crippen LogP contribution in [0, 0.1) is 40.4 Å². The standard InChI is InChI=1S/C23H31FN2O4S/c1-13-14(2)16(4)23(17(5)15(13)3)31(28,29)25-11-10-22(27)26-18(6)19-8-9-21(30-7)20(24)12-19/h8-9,12,18,25H,10-11H2,1-7H3,(H,26,27)/t18-/m1/s1. The van der Waals surface area contributed by atoms with Crippen LogP contribution in [0.3, 0.4) is 0 Å². The van der Waals surface area contributed by atoms with Crippen molar-refractivity contribution in [1.29, 1.82) is 0 Å². The van der Waals surface area contributed by atoms with Gasteiger partial charge in [0.2, 0.25) is 15.9 Å². The molecule has 0 heterocycles. The van der Waals surface area contributed by atoms with Crippen molar-refractivity contribution in [2.24, 2.45) is 0 Å². The number of carbonyl (C=O) groups excluding carboxylic acids is 1. The highest BCUT2D eigenvalue weighted by molar-refractivity contribution is 7.89. The molecule has 0 spiro atoms. The van der Waals surface area contributed by atoms with Crippen LogP contribution in [0.2, 0.25) is 0 Å². The fourth-order valence-corrected chi connectivity index (χ4v) is 5.22. The Hall–Kier alpha value is -2.45. The lowest BCUT2D eigenvalue weighted by Gasteiger charge is -2.19. The van der Waals surface area contributed by atoms with E-state index in [9.17, 15) is 17.6 Å². The van der Waals surface area contributed by atoms with Crippen molar-refractivity contribution in [2.75, 3.05) is 13.7 Å². The highest BCUT2D eigenvalue weighted by Crippen LogP contribution is 2.29. The smallest absolute Gasteiger partial charge is 0.241 e. The van der Waals surface area contributed by atoms with Gasteiger partial charge in [-0.15, -0.1) is 0 Å². The molecule has 0 fully saturated rings. The summed E-state index contributed by atoms with van der Waals surface area (Å²) in [5.74, 6) is -0.719. The fraction of sp³-hybridized carbons (Fsp3) is 0.435. The minimum absolute atomic E-state index is 0.0376. The zero-order chi connectivity index (χ0) is 23.5. The Labute approximate surface area is 184 Å². The van der Waals surface area contributed by atoms with Gasteiger partial charge in [0.25, 0.3) is 0 Å². The van der Waals surface area contributed by atoms with Gasteiger partial charge >= 0.3 is 0 Å². The summed E-state index contributed by atoms with van der Waals surface area (Å²) in [7, 11) is -2.38. The van der Waals surface area contributed by atoms with Crippen molar-refractivity contribution in [3.63, 3.8) is 0 Å². The molecule has 2 rings (SSSR count). The first kappa shape index (κ1) is 24.8. The van der Waals surface area contributed by atoms with E-state index in [-0.39, 0.29) is 29.5 Å². The first-order valence-electron chi connectivity index (χ1n) is 10.1. The lowest BCUT2D eigenvalue weighted by Crippen LogP contribution is -2.32. The molecule has 2 N–H and O–H groups in total. The van der Waals surface area contributed by atoms with Crippen LogP contribution in [0.5, 0.6) is 5.75 Å². The van der Waals surface area contributed by atoms with Crippen molar-refractivity contribution in [1.82, 2.24) is 10.0 Å². The van der Waals surface area contributed by atoms with Gasteiger partial charge in [-0.05, 0) is 87.1 Å². The van der Waals surface area contributed by atoms with E-state index in [0.29, 0.717) is 16.7 Å². The van der Waals surface area contributed by atoms with Gasteiger partial charge in [0.1, 0.15) is 0 Å². The van der Waals surface area contributed by atoms with Crippen LogP contribution in [0.4, 0.5) is 4.39 Å². The van der Waals surface area contributed by atoms with E-state index in [0.717, 1.165) is 16.7 Å². The number of halogens is 1. The second-order valence-electron chi connectivity index (χ2n) is 7.79. The topological polar surface area (TPSA) is 84.5 Å². The lowest BCUT2D eigenvalue weighted by atomic mass is 9.95. The summed E-state index contributed by atoms with van der Waals surface area (Å²) >= 11 is 0. The Morgan fingerprint density at radius 3 is 2.10 bits per heavy atom. The van der Waals surface area contributed by atoms with Crippen molar-refractivity contribution in [3.05, 3.63) is 57.4 Å². The molecule has 0 aliphatic heterocycles. The summed E-state index contributed by atoms with van der Waals surface area (Å²) in [4.78, 5) is 12.6. The van der Waals surface area contributed by atoms with E-state index in [2.05, 4.69) is 10.0 Å². The number of nitrogens with one attached hydrogen (secondary N) is 2. The number of carbonyl (C=O) groups is 1. The third-order valence-corrected chi connectivity index (χ3v) is 7.63. The van der Waals surface area contributed by atoms with E-state index in [1.54, 1.807) is 26.8 Å². The number of amides is 1. The molecule has 8 heteroatoms. The first-order chi connectivity index (χ1) is 14.4. The Morgan fingerprint density at radius 2 is 1.58 bits per heavy atom. The minimum Gasteiger partial charge on any atom is -0.494 e. The van der Waals surface area contributed by atoms with Gasteiger partial charge < -0.3 is 10.1 Å². The molecule has 31 heavy (non-hydrogen) atoms. The molecule has 0 saturated carbocycles. The predicted molar refractivity (Wildman–Crippen MR) is 119 cm³/mol. The quantitative estimate of drug-likeness (QED) is 0.638. The summed E-state index contributed by atoms with van der Waals surface area (Å²) < 4.78 is 47.1.